The Morgan fingerprint density at radius 2 is 1.81 bits per heavy atom. The molecule has 4 nitrogen and oxygen atoms in total. The summed E-state index contributed by atoms with van der Waals surface area (Å²) in [6, 6.07) is 14.3. The first kappa shape index (κ1) is 19.1. The third kappa shape index (κ3) is 5.41. The first-order valence-corrected chi connectivity index (χ1v) is 9.29. The van der Waals surface area contributed by atoms with Crippen molar-refractivity contribution < 1.29 is 9.18 Å². The number of anilines is 1. The molecule has 0 aliphatic carbocycles. The predicted molar refractivity (Wildman–Crippen MR) is 108 cm³/mol. The summed E-state index contributed by atoms with van der Waals surface area (Å²) in [5, 5.41) is 2.99. The molecule has 1 atom stereocenters. The van der Waals surface area contributed by atoms with Gasteiger partial charge in [0.25, 0.3) is 0 Å². The van der Waals surface area contributed by atoms with Crippen LogP contribution in [0.2, 0.25) is 0 Å². The van der Waals surface area contributed by atoms with E-state index in [0.29, 0.717) is 0 Å². The van der Waals surface area contributed by atoms with E-state index in [0.717, 1.165) is 37.3 Å². The number of halogens is 1. The molecule has 3 rings (SSSR count). The fraction of sp³-hybridized carbons (Fsp3) is 0.318. The van der Waals surface area contributed by atoms with Crippen LogP contribution in [0.1, 0.15) is 24.1 Å². The predicted octanol–water partition coefficient (Wildman–Crippen LogP) is 3.47. The maximum atomic E-state index is 12.9. The third-order valence-electron chi connectivity index (χ3n) is 4.89. The first-order valence-electron chi connectivity index (χ1n) is 9.29. The summed E-state index contributed by atoms with van der Waals surface area (Å²) in [7, 11) is 2.14. The minimum atomic E-state index is -0.287. The average molecular weight is 367 g/mol. The third-order valence-corrected chi connectivity index (χ3v) is 4.89. The molecule has 5 heteroatoms. The van der Waals surface area contributed by atoms with Gasteiger partial charge in [0.2, 0.25) is 5.91 Å². The minimum absolute atomic E-state index is 0.0946. The van der Waals surface area contributed by atoms with Gasteiger partial charge in [-0.05, 0) is 55.4 Å². The molecule has 1 amide bonds. The second-order valence-corrected chi connectivity index (χ2v) is 7.00. The molecule has 1 unspecified atom stereocenters. The molecule has 1 heterocycles. The molecule has 1 N–H and O–H groups in total. The van der Waals surface area contributed by atoms with Crippen LogP contribution in [0.5, 0.6) is 0 Å². The molecule has 1 saturated heterocycles. The van der Waals surface area contributed by atoms with Crippen LogP contribution in [0.25, 0.3) is 6.08 Å². The highest BCUT2D eigenvalue weighted by atomic mass is 19.1. The molecule has 0 saturated carbocycles. The monoisotopic (exact) mass is 367 g/mol. The number of carbonyl (C=O) groups excluding carboxylic acids is 1. The molecule has 27 heavy (non-hydrogen) atoms. The van der Waals surface area contributed by atoms with Crippen LogP contribution in [0.15, 0.2) is 54.6 Å². The summed E-state index contributed by atoms with van der Waals surface area (Å²) in [6.45, 7) is 6.13. The molecule has 0 spiro atoms. The van der Waals surface area contributed by atoms with Gasteiger partial charge in [0.15, 0.2) is 0 Å². The zero-order valence-electron chi connectivity index (χ0n) is 15.9. The lowest BCUT2D eigenvalue weighted by Gasteiger charge is -2.34. The number of hydrogen-bond donors (Lipinski definition) is 1. The van der Waals surface area contributed by atoms with E-state index in [-0.39, 0.29) is 17.8 Å². The summed E-state index contributed by atoms with van der Waals surface area (Å²) < 4.78 is 12.9. The number of piperazine rings is 1. The molecule has 1 aliphatic rings. The van der Waals surface area contributed by atoms with Crippen molar-refractivity contribution in [3.05, 3.63) is 71.6 Å². The summed E-state index contributed by atoms with van der Waals surface area (Å²) in [5.74, 6) is -0.456. The molecular formula is C22H26FN3O. The Labute approximate surface area is 160 Å². The van der Waals surface area contributed by atoms with Gasteiger partial charge in [-0.3, -0.25) is 4.79 Å². The Hall–Kier alpha value is -2.66. The van der Waals surface area contributed by atoms with Crippen molar-refractivity contribution in [1.29, 1.82) is 0 Å². The fourth-order valence-corrected chi connectivity index (χ4v) is 3.15. The van der Waals surface area contributed by atoms with Crippen LogP contribution in [0.3, 0.4) is 0 Å². The van der Waals surface area contributed by atoms with Crippen LogP contribution >= 0.6 is 0 Å². The lowest BCUT2D eigenvalue weighted by atomic mass is 10.1. The molecule has 0 aromatic heterocycles. The van der Waals surface area contributed by atoms with Crippen LogP contribution < -0.4 is 10.2 Å². The zero-order valence-corrected chi connectivity index (χ0v) is 15.9. The normalized spacial score (nSPS) is 16.5. The molecule has 142 valence electrons. The highest BCUT2D eigenvalue weighted by Gasteiger charge is 2.15. The highest BCUT2D eigenvalue weighted by molar-refractivity contribution is 5.92. The van der Waals surface area contributed by atoms with Crippen molar-refractivity contribution in [2.75, 3.05) is 38.1 Å². The van der Waals surface area contributed by atoms with Gasteiger partial charge in [-0.2, -0.15) is 0 Å². The standard InChI is InChI=1S/C22H26FN3O/c1-17(24-22(27)11-8-18-6-9-20(23)10-7-18)19-4-3-5-21(16-19)26-14-12-25(2)13-15-26/h3-11,16-17H,12-15H2,1-2H3,(H,24,27)/b11-8+. The van der Waals surface area contributed by atoms with Gasteiger partial charge in [0.1, 0.15) is 5.82 Å². The number of carbonyl (C=O) groups is 1. The van der Waals surface area contributed by atoms with Crippen molar-refractivity contribution >= 4 is 17.7 Å². The molecule has 1 aliphatic heterocycles. The van der Waals surface area contributed by atoms with Gasteiger partial charge < -0.3 is 15.1 Å². The number of nitrogens with zero attached hydrogens (tertiary/aromatic N) is 2. The number of benzene rings is 2. The van der Waals surface area contributed by atoms with Crippen molar-refractivity contribution in [2.24, 2.45) is 0 Å². The number of amides is 1. The molecular weight excluding hydrogens is 341 g/mol. The lowest BCUT2D eigenvalue weighted by molar-refractivity contribution is -0.117. The van der Waals surface area contributed by atoms with E-state index >= 15 is 0 Å². The van der Waals surface area contributed by atoms with Crippen molar-refractivity contribution in [3.8, 4) is 0 Å². The maximum Gasteiger partial charge on any atom is 0.244 e. The van der Waals surface area contributed by atoms with Crippen LogP contribution in [-0.4, -0.2) is 44.0 Å². The second-order valence-electron chi connectivity index (χ2n) is 7.00. The average Bonchev–Trinajstić information content (AvgIpc) is 2.68. The second kappa shape index (κ2) is 8.82. The van der Waals surface area contributed by atoms with Gasteiger partial charge in [-0.1, -0.05) is 24.3 Å². The Morgan fingerprint density at radius 3 is 2.52 bits per heavy atom. The van der Waals surface area contributed by atoms with E-state index in [1.807, 2.05) is 19.1 Å². The molecule has 0 radical (unpaired) electrons. The first-order chi connectivity index (χ1) is 13.0. The summed E-state index contributed by atoms with van der Waals surface area (Å²) in [6.07, 6.45) is 3.16. The Morgan fingerprint density at radius 1 is 1.11 bits per heavy atom. The quantitative estimate of drug-likeness (QED) is 0.822. The SMILES string of the molecule is CC(NC(=O)/C=C/c1ccc(F)cc1)c1cccc(N2CCN(C)CC2)c1. The zero-order chi connectivity index (χ0) is 19.2. The maximum absolute atomic E-state index is 12.9. The van der Waals surface area contributed by atoms with E-state index in [2.05, 4.69) is 34.3 Å². The van der Waals surface area contributed by atoms with Gasteiger partial charge in [-0.25, -0.2) is 4.39 Å². The molecule has 2 aromatic carbocycles. The van der Waals surface area contributed by atoms with Gasteiger partial charge >= 0.3 is 0 Å². The summed E-state index contributed by atoms with van der Waals surface area (Å²) in [5.41, 5.74) is 3.06. The summed E-state index contributed by atoms with van der Waals surface area (Å²) >= 11 is 0. The smallest absolute Gasteiger partial charge is 0.244 e. The number of rotatable bonds is 5. The molecule has 0 bridgehead atoms. The van der Waals surface area contributed by atoms with Crippen molar-refractivity contribution in [2.45, 2.75) is 13.0 Å². The number of likely N-dealkylation sites (N-methyl/N-ethyl adjacent to an activating group) is 1. The van der Waals surface area contributed by atoms with E-state index in [4.69, 9.17) is 0 Å². The van der Waals surface area contributed by atoms with E-state index in [1.165, 1.54) is 23.9 Å². The highest BCUT2D eigenvalue weighted by Crippen LogP contribution is 2.21. The largest absolute Gasteiger partial charge is 0.369 e. The lowest BCUT2D eigenvalue weighted by Crippen LogP contribution is -2.44. The fourth-order valence-electron chi connectivity index (χ4n) is 3.15. The number of hydrogen-bond acceptors (Lipinski definition) is 3. The van der Waals surface area contributed by atoms with Gasteiger partial charge in [0.05, 0.1) is 6.04 Å². The van der Waals surface area contributed by atoms with Crippen LogP contribution in [-0.2, 0) is 4.79 Å². The van der Waals surface area contributed by atoms with E-state index < -0.39 is 0 Å². The Bertz CT molecular complexity index is 795. The van der Waals surface area contributed by atoms with Crippen molar-refractivity contribution in [3.63, 3.8) is 0 Å². The van der Waals surface area contributed by atoms with E-state index in [1.54, 1.807) is 18.2 Å². The number of nitrogens with one attached hydrogen (secondary N) is 1. The minimum Gasteiger partial charge on any atom is -0.369 e. The topological polar surface area (TPSA) is 35.6 Å². The molecule has 1 fully saturated rings. The van der Waals surface area contributed by atoms with Crippen LogP contribution in [0, 0.1) is 5.82 Å². The summed E-state index contributed by atoms with van der Waals surface area (Å²) in [4.78, 5) is 16.9. The Kier molecular flexibility index (Phi) is 6.24. The van der Waals surface area contributed by atoms with Crippen LogP contribution in [0.4, 0.5) is 10.1 Å². The van der Waals surface area contributed by atoms with Gasteiger partial charge in [0, 0.05) is 37.9 Å². The van der Waals surface area contributed by atoms with E-state index in [9.17, 15) is 9.18 Å². The molecule has 2 aromatic rings. The van der Waals surface area contributed by atoms with Crippen molar-refractivity contribution in [1.82, 2.24) is 10.2 Å². The van der Waals surface area contributed by atoms with Gasteiger partial charge in [-0.15, -0.1) is 0 Å². The Balaban J connectivity index is 1.60.